The molecule has 6 rings (SSSR count). The van der Waals surface area contributed by atoms with Gasteiger partial charge in [-0.25, -0.2) is 0 Å². The number of fused-ring (bicyclic) bond motifs is 4. The van der Waals surface area contributed by atoms with E-state index < -0.39 is 17.4 Å². The minimum atomic E-state index is -1.13. The maximum absolute atomic E-state index is 13.2. The zero-order valence-electron chi connectivity index (χ0n) is 15.7. The van der Waals surface area contributed by atoms with E-state index in [0.717, 1.165) is 42.0 Å². The highest BCUT2D eigenvalue weighted by Crippen LogP contribution is 2.71. The Kier molecular flexibility index (Phi) is 2.92. The molecule has 0 N–H and O–H groups in total. The van der Waals surface area contributed by atoms with Crippen LogP contribution in [0.4, 0.5) is 0 Å². The number of likely N-dealkylation sites (N-methyl/N-ethyl adjacent to an activating group) is 1. The third-order valence-corrected chi connectivity index (χ3v) is 7.75. The molecule has 2 aliphatic carbocycles. The Labute approximate surface area is 157 Å². The Bertz CT molecular complexity index is 872. The summed E-state index contributed by atoms with van der Waals surface area (Å²) in [6.45, 7) is 1.10. The van der Waals surface area contributed by atoms with Gasteiger partial charge in [-0.1, -0.05) is 0 Å². The number of hydrogen-bond acceptors (Lipinski definition) is 7. The molecule has 5 atom stereocenters. The van der Waals surface area contributed by atoms with Gasteiger partial charge in [0.05, 0.1) is 11.6 Å². The van der Waals surface area contributed by atoms with E-state index >= 15 is 0 Å². The molecule has 3 fully saturated rings. The number of rotatable bonds is 2. The van der Waals surface area contributed by atoms with Crippen LogP contribution in [0.2, 0.25) is 0 Å². The van der Waals surface area contributed by atoms with Crippen molar-refractivity contribution in [2.75, 3.05) is 34.6 Å². The summed E-state index contributed by atoms with van der Waals surface area (Å²) in [6, 6.07) is 4.11. The Morgan fingerprint density at radius 3 is 2.74 bits per heavy atom. The van der Waals surface area contributed by atoms with Crippen LogP contribution in [0.15, 0.2) is 12.1 Å². The summed E-state index contributed by atoms with van der Waals surface area (Å²) in [6.07, 6.45) is 1.15. The number of likely N-dealkylation sites (tertiary alicyclic amines) is 1. The fraction of sp³-hybridized carbons (Fsp3) is 0.650. The summed E-state index contributed by atoms with van der Waals surface area (Å²) in [5.41, 5.74) is 1.41. The third-order valence-electron chi connectivity index (χ3n) is 7.75. The molecule has 1 spiro atoms. The van der Waals surface area contributed by atoms with E-state index in [1.165, 1.54) is 0 Å². The van der Waals surface area contributed by atoms with E-state index in [-0.39, 0.29) is 24.1 Å². The van der Waals surface area contributed by atoms with Gasteiger partial charge in [0.25, 0.3) is 0 Å². The van der Waals surface area contributed by atoms with Crippen molar-refractivity contribution in [2.45, 2.75) is 48.2 Å². The second-order valence-corrected chi connectivity index (χ2v) is 8.35. The lowest BCUT2D eigenvalue weighted by Gasteiger charge is -2.59. The number of carbonyl (C=O) groups is 1. The van der Waals surface area contributed by atoms with Crippen molar-refractivity contribution in [1.29, 1.82) is 0 Å². The Morgan fingerprint density at radius 1 is 1.22 bits per heavy atom. The summed E-state index contributed by atoms with van der Waals surface area (Å²) < 4.78 is 29.7. The SMILES string of the molecule is COC1C(=O)C[C@]23CCN(C)[C@@]24CC(O[C@]14OC)c1cc2c(cc13)OCO2. The van der Waals surface area contributed by atoms with Gasteiger partial charge in [-0.2, -0.15) is 0 Å². The van der Waals surface area contributed by atoms with Crippen molar-refractivity contribution in [3.63, 3.8) is 0 Å². The number of methoxy groups -OCH3 is 2. The summed E-state index contributed by atoms with van der Waals surface area (Å²) in [4.78, 5) is 15.6. The molecule has 7 nitrogen and oxygen atoms in total. The number of ether oxygens (including phenoxy) is 5. The first-order valence-electron chi connectivity index (χ1n) is 9.47. The molecule has 7 heteroatoms. The van der Waals surface area contributed by atoms with Crippen LogP contribution in [0, 0.1) is 0 Å². The molecule has 0 radical (unpaired) electrons. The molecule has 1 saturated carbocycles. The van der Waals surface area contributed by atoms with Crippen LogP contribution in [-0.2, 0) is 24.4 Å². The van der Waals surface area contributed by atoms with Crippen molar-refractivity contribution in [3.8, 4) is 11.5 Å². The molecule has 3 aliphatic heterocycles. The van der Waals surface area contributed by atoms with E-state index in [0.29, 0.717) is 6.42 Å². The van der Waals surface area contributed by atoms with Crippen molar-refractivity contribution in [2.24, 2.45) is 0 Å². The van der Waals surface area contributed by atoms with Crippen LogP contribution < -0.4 is 9.47 Å². The van der Waals surface area contributed by atoms with Gasteiger partial charge in [-0.3, -0.25) is 9.69 Å². The minimum absolute atomic E-state index is 0.0384. The van der Waals surface area contributed by atoms with Gasteiger partial charge in [0.1, 0.15) is 0 Å². The topological polar surface area (TPSA) is 66.5 Å². The molecule has 2 unspecified atom stereocenters. The highest BCUT2D eigenvalue weighted by Gasteiger charge is 2.82. The number of ketones is 1. The Morgan fingerprint density at radius 2 is 2.00 bits per heavy atom. The monoisotopic (exact) mass is 373 g/mol. The fourth-order valence-electron chi connectivity index (χ4n) is 6.82. The number of hydrogen-bond donors (Lipinski definition) is 0. The second-order valence-electron chi connectivity index (χ2n) is 8.35. The Balaban J connectivity index is 1.69. The maximum Gasteiger partial charge on any atom is 0.231 e. The predicted octanol–water partition coefficient (Wildman–Crippen LogP) is 1.53. The standard InChI is InChI=1S/C20H23NO6/c1-21-5-4-18-8-13(22)17(23-2)20(24-3)19(18,21)9-16(27-20)11-6-14-15(7-12(11)18)26-10-25-14/h6-7,16-17H,4-5,8-10H2,1-3H3/t16?,17?,18-,19-,20+/m0/s1. The Hall–Kier alpha value is -1.67. The van der Waals surface area contributed by atoms with Crippen molar-refractivity contribution in [3.05, 3.63) is 23.3 Å². The first-order valence-corrected chi connectivity index (χ1v) is 9.47. The molecule has 0 amide bonds. The average Bonchev–Trinajstić information content (AvgIpc) is 3.33. The number of Topliss-reactive ketones (excluding diaryl/α,β-unsaturated/α-hetero) is 1. The number of nitrogens with zero attached hydrogens (tertiary/aromatic N) is 1. The van der Waals surface area contributed by atoms with Gasteiger partial charge >= 0.3 is 0 Å². The van der Waals surface area contributed by atoms with Crippen LogP contribution >= 0.6 is 0 Å². The lowest BCUT2D eigenvalue weighted by Crippen LogP contribution is -2.76. The quantitative estimate of drug-likeness (QED) is 0.779. The molecule has 0 aromatic heterocycles. The van der Waals surface area contributed by atoms with Crippen molar-refractivity contribution in [1.82, 2.24) is 4.90 Å². The van der Waals surface area contributed by atoms with Gasteiger partial charge in [-0.15, -0.1) is 0 Å². The van der Waals surface area contributed by atoms with Gasteiger partial charge in [0.15, 0.2) is 23.4 Å². The lowest BCUT2D eigenvalue weighted by molar-refractivity contribution is -0.309. The molecule has 3 heterocycles. The van der Waals surface area contributed by atoms with E-state index in [9.17, 15) is 4.79 Å². The van der Waals surface area contributed by atoms with Crippen molar-refractivity contribution >= 4 is 5.78 Å². The smallest absolute Gasteiger partial charge is 0.231 e. The van der Waals surface area contributed by atoms with Gasteiger partial charge in [0.2, 0.25) is 12.6 Å². The summed E-state index contributed by atoms with van der Waals surface area (Å²) in [5.74, 6) is 0.406. The molecule has 2 saturated heterocycles. The van der Waals surface area contributed by atoms with Gasteiger partial charge < -0.3 is 23.7 Å². The van der Waals surface area contributed by atoms with E-state index in [2.05, 4.69) is 18.0 Å². The van der Waals surface area contributed by atoms with Gasteiger partial charge in [0, 0.05) is 32.5 Å². The zero-order valence-corrected chi connectivity index (χ0v) is 15.7. The lowest BCUT2D eigenvalue weighted by atomic mass is 9.51. The first kappa shape index (κ1) is 16.3. The van der Waals surface area contributed by atoms with Crippen molar-refractivity contribution < 1.29 is 28.5 Å². The molecule has 1 aromatic carbocycles. The third kappa shape index (κ3) is 1.49. The summed E-state index contributed by atoms with van der Waals surface area (Å²) in [5, 5.41) is 0. The fourth-order valence-corrected chi connectivity index (χ4v) is 6.82. The molecular formula is C20H23NO6. The normalized spacial score (nSPS) is 43.7. The minimum Gasteiger partial charge on any atom is -0.454 e. The van der Waals surface area contributed by atoms with Crippen LogP contribution in [0.5, 0.6) is 11.5 Å². The highest BCUT2D eigenvalue weighted by molar-refractivity contribution is 5.89. The molecule has 27 heavy (non-hydrogen) atoms. The van der Waals surface area contributed by atoms with Crippen LogP contribution in [0.3, 0.4) is 0 Å². The van der Waals surface area contributed by atoms with Crippen LogP contribution in [0.1, 0.15) is 36.5 Å². The van der Waals surface area contributed by atoms with Gasteiger partial charge in [-0.05, 0) is 43.3 Å². The number of carbonyl (C=O) groups excluding carboxylic acids is 1. The number of benzene rings is 1. The molecule has 1 aromatic rings. The predicted molar refractivity (Wildman–Crippen MR) is 92.8 cm³/mol. The highest BCUT2D eigenvalue weighted by atomic mass is 16.7. The molecule has 2 bridgehead atoms. The maximum atomic E-state index is 13.2. The average molecular weight is 373 g/mol. The largest absolute Gasteiger partial charge is 0.454 e. The molecule has 5 aliphatic rings. The van der Waals surface area contributed by atoms with Crippen LogP contribution in [0.25, 0.3) is 0 Å². The molecular weight excluding hydrogens is 350 g/mol. The van der Waals surface area contributed by atoms with E-state index in [1.54, 1.807) is 14.2 Å². The summed E-state index contributed by atoms with van der Waals surface area (Å²) >= 11 is 0. The summed E-state index contributed by atoms with van der Waals surface area (Å²) in [7, 11) is 5.31. The second kappa shape index (κ2) is 4.84. The van der Waals surface area contributed by atoms with E-state index in [4.69, 9.17) is 23.7 Å². The first-order chi connectivity index (χ1) is 13.0. The zero-order chi connectivity index (χ0) is 18.6. The molecule has 144 valence electrons. The van der Waals surface area contributed by atoms with E-state index in [1.807, 2.05) is 6.07 Å². The van der Waals surface area contributed by atoms with Crippen LogP contribution in [-0.4, -0.2) is 62.7 Å².